The average Bonchev–Trinajstić information content (AvgIpc) is 1.50. The van der Waals surface area contributed by atoms with Gasteiger partial charge in [0.15, 0.2) is 0 Å². The molecule has 1 spiro atoms. The second-order valence-electron chi connectivity index (χ2n) is 40.2. The van der Waals surface area contributed by atoms with Gasteiger partial charge in [-0.05, 0) is 376 Å². The first kappa shape index (κ1) is 84.3. The Labute approximate surface area is 824 Å². The lowest BCUT2D eigenvalue weighted by atomic mass is 9.70. The summed E-state index contributed by atoms with van der Waals surface area (Å²) >= 11 is 0. The van der Waals surface area contributed by atoms with Crippen LogP contribution in [0.25, 0.3) is 66.8 Å². The van der Waals surface area contributed by atoms with Crippen LogP contribution in [-0.2, 0) is 27.1 Å². The molecule has 676 valence electrons. The maximum Gasteiger partial charge on any atom is 0.127 e. The van der Waals surface area contributed by atoms with E-state index in [1.807, 2.05) is 121 Å². The fraction of sp³-hybridized carbons (Fsp3) is 0.0977. The van der Waals surface area contributed by atoms with Gasteiger partial charge in [0.1, 0.15) is 46.0 Å². The number of para-hydroxylation sites is 4. The largest absolute Gasteiger partial charge is 0.457 e. The predicted molar refractivity (Wildman–Crippen MR) is 578 cm³/mol. The third kappa shape index (κ3) is 13.6. The van der Waals surface area contributed by atoms with Gasteiger partial charge in [0.25, 0.3) is 0 Å². The lowest BCUT2D eigenvalue weighted by Crippen LogP contribution is -2.27. The summed E-state index contributed by atoms with van der Waals surface area (Å²) in [6.45, 7) is 19.0. The Balaban J connectivity index is 0.752. The van der Waals surface area contributed by atoms with Gasteiger partial charge < -0.3 is 38.5 Å². The van der Waals surface area contributed by atoms with Crippen molar-refractivity contribution in [1.29, 1.82) is 0 Å². The zero-order chi connectivity index (χ0) is 94.8. The maximum atomic E-state index is 6.68. The highest BCUT2D eigenvalue weighted by atomic mass is 16.5. The molecule has 0 heterocycles. The summed E-state index contributed by atoms with van der Waals surface area (Å²) in [6, 6.07) is 169. The van der Waals surface area contributed by atoms with E-state index in [4.69, 9.17) is 18.9 Å². The molecule has 0 bridgehead atoms. The van der Waals surface area contributed by atoms with E-state index < -0.39 is 5.41 Å². The number of fused-ring (bicyclic) bond motifs is 22. The van der Waals surface area contributed by atoms with Gasteiger partial charge in [-0.1, -0.05) is 274 Å². The normalized spacial score (nSPS) is 14.2. The Morgan fingerprint density at radius 1 is 0.128 bits per heavy atom. The molecule has 8 heteroatoms. The highest BCUT2D eigenvalue weighted by Gasteiger charge is 2.54. The lowest BCUT2D eigenvalue weighted by Gasteiger charge is -2.35. The van der Waals surface area contributed by atoms with Gasteiger partial charge in [-0.3, -0.25) is 0 Å². The standard InChI is InChI=1S/C133H100N4O4/c1-129(2)117-41-25-21-37-105(117)109-69-53-89(77-121(109)129)134(85-45-61-101(62-46-85)138-97-29-13-9-14-30-97)93-57-73-113-114-74-58-94(135(86-47-63-102(64-48-86)139-98-31-15-10-16-32-98)90-54-70-110-106-38-22-26-42-118(106)130(3,4)122(110)78-90)82-126(114)133(125(113)81-93)127-83-95(136(87-49-65-103(66-50-87)140-99-33-17-11-18-34-99)91-55-71-111-107-39-23-27-43-119(107)131(5,6)123(111)79-91)59-75-115(127)116-76-60-96(84-128(116)133)137(88-51-67-104(68-52-88)141-100-35-19-12-20-36-100)92-56-72-112-108-40-24-28-44-120(108)132(7,8)124(112)80-92/h9-84H,1-8H3. The lowest BCUT2D eigenvalue weighted by molar-refractivity contribution is 0.482. The van der Waals surface area contributed by atoms with Gasteiger partial charge >= 0.3 is 0 Å². The smallest absolute Gasteiger partial charge is 0.127 e. The van der Waals surface area contributed by atoms with Crippen LogP contribution in [0.4, 0.5) is 68.2 Å². The van der Waals surface area contributed by atoms with Crippen molar-refractivity contribution in [2.75, 3.05) is 19.6 Å². The van der Waals surface area contributed by atoms with Gasteiger partial charge in [-0.25, -0.2) is 0 Å². The summed E-state index contributed by atoms with van der Waals surface area (Å²) in [5.74, 6) is 6.00. The highest BCUT2D eigenvalue weighted by molar-refractivity contribution is 6.02. The zero-order valence-electron chi connectivity index (χ0n) is 79.8. The molecule has 0 fully saturated rings. The molecule has 8 nitrogen and oxygen atoms in total. The van der Waals surface area contributed by atoms with Crippen LogP contribution in [-0.4, -0.2) is 0 Å². The maximum absolute atomic E-state index is 6.68. The second-order valence-corrected chi connectivity index (χ2v) is 40.2. The number of ether oxygens (including phenoxy) is 4. The SMILES string of the molecule is CC1(C)c2ccccc2-c2ccc(N(c3ccc(Oc4ccccc4)cc3)c3ccc4c(c3)C3(c5cc(N(c6ccc(Oc7ccccc7)cc6)c6ccc7c(c6)C(C)(C)c6ccccc6-7)ccc5-4)c4cc(N(c5ccc(Oc6ccccc6)cc5)c5ccc6c(c5)C(C)(C)c5ccccc5-6)ccc4-c4ccc(N(c5ccc(Oc6ccccc6)cc5)c5ccc6c(c5)C(C)(C)c5ccccc5-6)cc43)cc21. The molecule has 0 saturated carbocycles. The van der Waals surface area contributed by atoms with E-state index in [0.717, 1.165) is 159 Å². The minimum Gasteiger partial charge on any atom is -0.457 e. The first-order chi connectivity index (χ1) is 68.9. The third-order valence-electron chi connectivity index (χ3n) is 30.8. The molecule has 6 aliphatic rings. The van der Waals surface area contributed by atoms with Crippen molar-refractivity contribution in [3.8, 4) is 113 Å². The second kappa shape index (κ2) is 32.5. The van der Waals surface area contributed by atoms with Crippen molar-refractivity contribution in [3.05, 3.63) is 528 Å². The van der Waals surface area contributed by atoms with Crippen molar-refractivity contribution in [3.63, 3.8) is 0 Å². The van der Waals surface area contributed by atoms with E-state index in [-0.39, 0.29) is 21.7 Å². The van der Waals surface area contributed by atoms with Crippen molar-refractivity contribution < 1.29 is 18.9 Å². The minimum atomic E-state index is -1.14. The highest BCUT2D eigenvalue weighted by Crippen LogP contribution is 2.67. The summed E-state index contributed by atoms with van der Waals surface area (Å²) in [5.41, 5.74) is 38.9. The summed E-state index contributed by atoms with van der Waals surface area (Å²) in [4.78, 5) is 9.94. The van der Waals surface area contributed by atoms with E-state index >= 15 is 0 Å². The number of rotatable bonds is 20. The van der Waals surface area contributed by atoms with Crippen molar-refractivity contribution in [1.82, 2.24) is 0 Å². The van der Waals surface area contributed by atoms with E-state index in [2.05, 4.69) is 415 Å². The molecule has 0 aromatic heterocycles. The van der Waals surface area contributed by atoms with Crippen molar-refractivity contribution in [2.24, 2.45) is 0 Å². The molecule has 26 rings (SSSR count). The number of hydrogen-bond acceptors (Lipinski definition) is 8. The van der Waals surface area contributed by atoms with Crippen LogP contribution >= 0.6 is 0 Å². The van der Waals surface area contributed by atoms with Gasteiger partial charge in [0.2, 0.25) is 0 Å². The Morgan fingerprint density at radius 3 is 0.461 bits per heavy atom. The minimum absolute atomic E-state index is 0.318. The van der Waals surface area contributed by atoms with E-state index in [1.165, 1.54) is 89.0 Å². The molecular weight excluding hydrogens is 1720 g/mol. The number of nitrogens with zero attached hydrogens (tertiary/aromatic N) is 4. The molecule has 0 N–H and O–H groups in total. The van der Waals surface area contributed by atoms with Gasteiger partial charge in [0.05, 0.1) is 5.41 Å². The van der Waals surface area contributed by atoms with Crippen LogP contribution in [0, 0.1) is 0 Å². The quantitative estimate of drug-likeness (QED) is 0.0748. The van der Waals surface area contributed by atoms with Crippen LogP contribution in [0.15, 0.2) is 461 Å². The van der Waals surface area contributed by atoms with Gasteiger partial charge in [-0.15, -0.1) is 0 Å². The van der Waals surface area contributed by atoms with Crippen molar-refractivity contribution >= 4 is 68.2 Å². The summed E-state index contributed by atoms with van der Waals surface area (Å²) in [7, 11) is 0. The fourth-order valence-electron chi connectivity index (χ4n) is 24.0. The summed E-state index contributed by atoms with van der Waals surface area (Å²) in [5, 5.41) is 0. The first-order valence-corrected chi connectivity index (χ1v) is 49.0. The van der Waals surface area contributed by atoms with E-state index in [0.29, 0.717) is 0 Å². The Hall–Kier alpha value is -17.2. The summed E-state index contributed by atoms with van der Waals surface area (Å²) < 4.78 is 26.7. The molecule has 0 saturated heterocycles. The van der Waals surface area contributed by atoms with E-state index in [9.17, 15) is 0 Å². The molecule has 141 heavy (non-hydrogen) atoms. The number of hydrogen-bond donors (Lipinski definition) is 0. The monoisotopic (exact) mass is 1820 g/mol. The van der Waals surface area contributed by atoms with Crippen LogP contribution in [0.1, 0.15) is 122 Å². The van der Waals surface area contributed by atoms with Crippen LogP contribution in [0.2, 0.25) is 0 Å². The summed E-state index contributed by atoms with van der Waals surface area (Å²) in [6.07, 6.45) is 0. The van der Waals surface area contributed by atoms with Gasteiger partial charge in [0, 0.05) is 89.9 Å². The van der Waals surface area contributed by atoms with E-state index in [1.54, 1.807) is 0 Å². The zero-order valence-corrected chi connectivity index (χ0v) is 79.8. The topological polar surface area (TPSA) is 49.9 Å². The molecule has 0 radical (unpaired) electrons. The average molecular weight is 1820 g/mol. The predicted octanol–water partition coefficient (Wildman–Crippen LogP) is 36.3. The first-order valence-electron chi connectivity index (χ1n) is 49.0. The molecule has 6 aliphatic carbocycles. The third-order valence-corrected chi connectivity index (χ3v) is 30.8. The molecule has 0 amide bonds. The molecule has 20 aromatic rings. The molecule has 20 aromatic carbocycles. The fourth-order valence-corrected chi connectivity index (χ4v) is 24.0. The number of benzene rings is 20. The number of anilines is 12. The van der Waals surface area contributed by atoms with Crippen LogP contribution < -0.4 is 38.5 Å². The van der Waals surface area contributed by atoms with Crippen molar-refractivity contribution in [2.45, 2.75) is 82.5 Å². The molecule has 0 unspecified atom stereocenters. The van der Waals surface area contributed by atoms with Crippen LogP contribution in [0.3, 0.4) is 0 Å². The molecular formula is C133H100N4O4. The Bertz CT molecular complexity index is 7410. The Kier molecular flexibility index (Phi) is 19.4. The van der Waals surface area contributed by atoms with Gasteiger partial charge in [-0.2, -0.15) is 0 Å². The molecule has 0 atom stereocenters. The Morgan fingerprint density at radius 2 is 0.270 bits per heavy atom. The molecule has 0 aliphatic heterocycles. The van der Waals surface area contributed by atoms with Crippen LogP contribution in [0.5, 0.6) is 46.0 Å².